The Kier molecular flexibility index (Phi) is 2.68. The van der Waals surface area contributed by atoms with Crippen LogP contribution in [0.3, 0.4) is 0 Å². The van der Waals surface area contributed by atoms with Crippen molar-refractivity contribution in [3.63, 3.8) is 0 Å². The monoisotopic (exact) mass is 245 g/mol. The van der Waals surface area contributed by atoms with Crippen molar-refractivity contribution >= 4 is 11.0 Å². The molecule has 1 aliphatic rings. The topological polar surface area (TPSA) is 48.4 Å². The van der Waals surface area contributed by atoms with Gasteiger partial charge in [0.2, 0.25) is 0 Å². The van der Waals surface area contributed by atoms with Crippen molar-refractivity contribution < 1.29 is 9.15 Å². The van der Waals surface area contributed by atoms with Crippen molar-refractivity contribution in [1.29, 1.82) is 0 Å². The van der Waals surface area contributed by atoms with E-state index < -0.39 is 0 Å². The summed E-state index contributed by atoms with van der Waals surface area (Å²) < 4.78 is 11.5. The van der Waals surface area contributed by atoms with E-state index >= 15 is 0 Å². The van der Waals surface area contributed by atoms with E-state index in [9.17, 15) is 0 Å². The molecule has 96 valence electrons. The highest BCUT2D eigenvalue weighted by Gasteiger charge is 2.44. The van der Waals surface area contributed by atoms with Crippen molar-refractivity contribution in [2.75, 3.05) is 7.11 Å². The molecule has 0 bridgehead atoms. The third kappa shape index (κ3) is 1.66. The van der Waals surface area contributed by atoms with E-state index in [0.29, 0.717) is 0 Å². The van der Waals surface area contributed by atoms with Crippen LogP contribution in [0.4, 0.5) is 0 Å². The molecule has 2 aromatic rings. The van der Waals surface area contributed by atoms with Crippen LogP contribution in [0.1, 0.15) is 36.6 Å². The van der Waals surface area contributed by atoms with E-state index in [1.54, 1.807) is 7.11 Å². The molecule has 1 aliphatic carbocycles. The average molecular weight is 245 g/mol. The standard InChI is InChI=1S/C15H19NO2/c1-10-4-5-12-11(8-10)9-13(18-12)14(16)15(17-2)6-3-7-15/h4-5,8-9,14H,3,6-7,16H2,1-2H3. The molecule has 0 radical (unpaired) electrons. The summed E-state index contributed by atoms with van der Waals surface area (Å²) in [6.07, 6.45) is 3.21. The highest BCUT2D eigenvalue weighted by Crippen LogP contribution is 2.44. The van der Waals surface area contributed by atoms with Crippen molar-refractivity contribution in [3.8, 4) is 0 Å². The van der Waals surface area contributed by atoms with E-state index in [2.05, 4.69) is 19.1 Å². The number of methoxy groups -OCH3 is 1. The van der Waals surface area contributed by atoms with Gasteiger partial charge in [-0.15, -0.1) is 0 Å². The largest absolute Gasteiger partial charge is 0.459 e. The number of fused-ring (bicyclic) bond motifs is 1. The molecule has 3 nitrogen and oxygen atoms in total. The normalized spacial score (nSPS) is 19.7. The molecule has 0 aliphatic heterocycles. The fourth-order valence-corrected chi connectivity index (χ4v) is 2.76. The smallest absolute Gasteiger partial charge is 0.134 e. The van der Waals surface area contributed by atoms with Gasteiger partial charge in [0, 0.05) is 12.5 Å². The molecule has 0 saturated heterocycles. The number of hydrogen-bond acceptors (Lipinski definition) is 3. The number of aryl methyl sites for hydroxylation is 1. The molecule has 3 heteroatoms. The molecule has 0 amide bonds. The van der Waals surface area contributed by atoms with Crippen LogP contribution in [0.5, 0.6) is 0 Å². The second-order valence-electron chi connectivity index (χ2n) is 5.29. The molecule has 0 spiro atoms. The molecular formula is C15H19NO2. The summed E-state index contributed by atoms with van der Waals surface area (Å²) in [6.45, 7) is 2.08. The van der Waals surface area contributed by atoms with Gasteiger partial charge in [0.1, 0.15) is 11.3 Å². The summed E-state index contributed by atoms with van der Waals surface area (Å²) in [5.74, 6) is 0.831. The van der Waals surface area contributed by atoms with Crippen molar-refractivity contribution in [2.45, 2.75) is 37.8 Å². The van der Waals surface area contributed by atoms with E-state index in [1.165, 1.54) is 12.0 Å². The third-order valence-electron chi connectivity index (χ3n) is 4.17. The first-order valence-electron chi connectivity index (χ1n) is 6.45. The SMILES string of the molecule is COC1(C(N)c2cc3cc(C)ccc3o2)CCC1. The number of nitrogens with two attached hydrogens (primary N) is 1. The number of furan rings is 1. The molecule has 1 aromatic carbocycles. The molecule has 1 atom stereocenters. The average Bonchev–Trinajstić information content (AvgIpc) is 2.70. The quantitative estimate of drug-likeness (QED) is 0.902. The number of ether oxygens (including phenoxy) is 1. The lowest BCUT2D eigenvalue weighted by molar-refractivity contribution is -0.0947. The van der Waals surface area contributed by atoms with Gasteiger partial charge in [0.25, 0.3) is 0 Å². The highest BCUT2D eigenvalue weighted by atomic mass is 16.5. The number of hydrogen-bond donors (Lipinski definition) is 1. The second-order valence-corrected chi connectivity index (χ2v) is 5.29. The van der Waals surface area contributed by atoms with Crippen molar-refractivity contribution in [2.24, 2.45) is 5.73 Å². The van der Waals surface area contributed by atoms with Gasteiger partial charge in [-0.1, -0.05) is 11.6 Å². The van der Waals surface area contributed by atoms with Crippen LogP contribution >= 0.6 is 0 Å². The lowest BCUT2D eigenvalue weighted by atomic mass is 9.74. The predicted molar refractivity (Wildman–Crippen MR) is 71.5 cm³/mol. The minimum atomic E-state index is -0.219. The van der Waals surface area contributed by atoms with Gasteiger partial charge in [-0.25, -0.2) is 0 Å². The lowest BCUT2D eigenvalue weighted by Gasteiger charge is -2.44. The van der Waals surface area contributed by atoms with Gasteiger partial charge < -0.3 is 14.9 Å². The van der Waals surface area contributed by atoms with E-state index in [-0.39, 0.29) is 11.6 Å². The van der Waals surface area contributed by atoms with Crippen LogP contribution in [0.2, 0.25) is 0 Å². The zero-order valence-corrected chi connectivity index (χ0v) is 10.9. The molecule has 1 fully saturated rings. The zero-order valence-electron chi connectivity index (χ0n) is 10.9. The number of rotatable bonds is 3. The van der Waals surface area contributed by atoms with Crippen LogP contribution in [0, 0.1) is 6.92 Å². The fourth-order valence-electron chi connectivity index (χ4n) is 2.76. The Morgan fingerprint density at radius 3 is 2.72 bits per heavy atom. The summed E-state index contributed by atoms with van der Waals surface area (Å²) in [4.78, 5) is 0. The first-order chi connectivity index (χ1) is 8.64. The molecular weight excluding hydrogens is 226 g/mol. The zero-order chi connectivity index (χ0) is 12.8. The summed E-state index contributed by atoms with van der Waals surface area (Å²) in [6, 6.07) is 8.04. The summed E-state index contributed by atoms with van der Waals surface area (Å²) in [7, 11) is 1.74. The van der Waals surface area contributed by atoms with Gasteiger partial charge in [-0.2, -0.15) is 0 Å². The van der Waals surface area contributed by atoms with Crippen LogP contribution in [0.25, 0.3) is 11.0 Å². The summed E-state index contributed by atoms with van der Waals surface area (Å²) >= 11 is 0. The minimum absolute atomic E-state index is 0.177. The molecule has 1 saturated carbocycles. The Hall–Kier alpha value is -1.32. The van der Waals surface area contributed by atoms with Crippen molar-refractivity contribution in [3.05, 3.63) is 35.6 Å². The summed E-state index contributed by atoms with van der Waals surface area (Å²) in [5, 5.41) is 1.12. The van der Waals surface area contributed by atoms with E-state index in [0.717, 1.165) is 29.6 Å². The van der Waals surface area contributed by atoms with Crippen LogP contribution in [0.15, 0.2) is 28.7 Å². The number of benzene rings is 1. The van der Waals surface area contributed by atoms with Crippen molar-refractivity contribution in [1.82, 2.24) is 0 Å². The Labute approximate surface area is 107 Å². The van der Waals surface area contributed by atoms with Gasteiger partial charge >= 0.3 is 0 Å². The van der Waals surface area contributed by atoms with Gasteiger partial charge in [0.05, 0.1) is 11.6 Å². The fraction of sp³-hybridized carbons (Fsp3) is 0.467. The van der Waals surface area contributed by atoms with Gasteiger partial charge in [-0.3, -0.25) is 0 Å². The maximum Gasteiger partial charge on any atom is 0.134 e. The van der Waals surface area contributed by atoms with Crippen LogP contribution in [-0.4, -0.2) is 12.7 Å². The van der Waals surface area contributed by atoms with Crippen LogP contribution < -0.4 is 5.73 Å². The molecule has 1 unspecified atom stereocenters. The Balaban J connectivity index is 1.98. The Morgan fingerprint density at radius 2 is 2.11 bits per heavy atom. The molecule has 1 aromatic heterocycles. The molecule has 18 heavy (non-hydrogen) atoms. The Bertz CT molecular complexity index is 563. The van der Waals surface area contributed by atoms with E-state index in [1.807, 2.05) is 12.1 Å². The Morgan fingerprint density at radius 1 is 1.33 bits per heavy atom. The second kappa shape index (κ2) is 4.11. The minimum Gasteiger partial charge on any atom is -0.459 e. The van der Waals surface area contributed by atoms with Crippen LogP contribution in [-0.2, 0) is 4.74 Å². The molecule has 3 rings (SSSR count). The highest BCUT2D eigenvalue weighted by molar-refractivity contribution is 5.78. The maximum absolute atomic E-state index is 6.33. The lowest BCUT2D eigenvalue weighted by Crippen LogP contribution is -2.48. The molecule has 1 heterocycles. The van der Waals surface area contributed by atoms with Gasteiger partial charge in [0.15, 0.2) is 0 Å². The summed E-state index contributed by atoms with van der Waals surface area (Å²) in [5.41, 5.74) is 8.24. The predicted octanol–water partition coefficient (Wildman–Crippen LogP) is 3.31. The first kappa shape index (κ1) is 11.8. The van der Waals surface area contributed by atoms with Gasteiger partial charge in [-0.05, 0) is 44.4 Å². The van der Waals surface area contributed by atoms with E-state index in [4.69, 9.17) is 14.9 Å². The first-order valence-corrected chi connectivity index (χ1v) is 6.45. The third-order valence-corrected chi connectivity index (χ3v) is 4.17. The maximum atomic E-state index is 6.33. The molecule has 2 N–H and O–H groups in total.